The summed E-state index contributed by atoms with van der Waals surface area (Å²) in [5.41, 5.74) is 0.984. The maximum Gasteiger partial charge on any atom is 0.339 e. The Kier molecular flexibility index (Phi) is 5.99. The molecule has 0 spiro atoms. The van der Waals surface area contributed by atoms with Crippen LogP contribution in [-0.4, -0.2) is 8.42 Å². The number of benzene rings is 2. The van der Waals surface area contributed by atoms with Gasteiger partial charge in [0.15, 0.2) is 5.75 Å². The average molecular weight is 435 g/mol. The minimum Gasteiger partial charge on any atom is -0.376 e. The molecule has 0 radical (unpaired) electrons. The van der Waals surface area contributed by atoms with E-state index in [1.54, 1.807) is 12.1 Å². The lowest BCUT2D eigenvalue weighted by Gasteiger charge is -2.13. The standard InChI is InChI=1S/C14H9Cl5O3S/c1-2-7-3-5-8(6-4-7)23(20,21)22-14-12(18)10(16)9(15)11(17)13(14)19/h3-6H,2H2,1H3. The maximum absolute atomic E-state index is 12.4. The van der Waals surface area contributed by atoms with Crippen molar-refractivity contribution in [1.82, 2.24) is 0 Å². The van der Waals surface area contributed by atoms with Crippen LogP contribution in [0.3, 0.4) is 0 Å². The Morgan fingerprint density at radius 1 is 0.826 bits per heavy atom. The third-order valence-electron chi connectivity index (χ3n) is 2.98. The van der Waals surface area contributed by atoms with Gasteiger partial charge >= 0.3 is 10.1 Å². The first kappa shape index (κ1) is 19.0. The summed E-state index contributed by atoms with van der Waals surface area (Å²) in [6.45, 7) is 1.96. The summed E-state index contributed by atoms with van der Waals surface area (Å²) in [6, 6.07) is 6.22. The summed E-state index contributed by atoms with van der Waals surface area (Å²) in [7, 11) is -4.16. The summed E-state index contributed by atoms with van der Waals surface area (Å²) < 4.78 is 29.7. The van der Waals surface area contributed by atoms with Crippen molar-refractivity contribution < 1.29 is 12.6 Å². The molecule has 0 saturated heterocycles. The average Bonchev–Trinajstić information content (AvgIpc) is 2.55. The fraction of sp³-hybridized carbons (Fsp3) is 0.143. The summed E-state index contributed by atoms with van der Waals surface area (Å²) in [4.78, 5) is -0.0518. The topological polar surface area (TPSA) is 43.4 Å². The fourth-order valence-electron chi connectivity index (χ4n) is 1.71. The van der Waals surface area contributed by atoms with E-state index in [0.29, 0.717) is 0 Å². The Balaban J connectivity index is 2.49. The zero-order chi connectivity index (χ0) is 17.4. The largest absolute Gasteiger partial charge is 0.376 e. The van der Waals surface area contributed by atoms with Gasteiger partial charge in [-0.3, -0.25) is 0 Å². The summed E-state index contributed by atoms with van der Waals surface area (Å²) in [5, 5.41) is -0.844. The normalized spacial score (nSPS) is 11.6. The molecule has 9 heteroatoms. The number of aryl methyl sites for hydroxylation is 1. The van der Waals surface area contributed by atoms with Crippen LogP contribution in [0.25, 0.3) is 0 Å². The minimum absolute atomic E-state index is 0.0518. The van der Waals surface area contributed by atoms with Gasteiger partial charge in [0.2, 0.25) is 0 Å². The smallest absolute Gasteiger partial charge is 0.339 e. The lowest BCUT2D eigenvalue weighted by Crippen LogP contribution is -2.10. The maximum atomic E-state index is 12.4. The van der Waals surface area contributed by atoms with Crippen LogP contribution >= 0.6 is 58.0 Å². The number of rotatable bonds is 4. The van der Waals surface area contributed by atoms with Gasteiger partial charge in [-0.15, -0.1) is 0 Å². The summed E-state index contributed by atoms with van der Waals surface area (Å²) >= 11 is 29.6. The highest BCUT2D eigenvalue weighted by molar-refractivity contribution is 7.87. The first-order valence-corrected chi connectivity index (χ1v) is 9.53. The Hall–Kier alpha value is -0.360. The molecule has 0 heterocycles. The van der Waals surface area contributed by atoms with Crippen LogP contribution in [0.4, 0.5) is 0 Å². The SMILES string of the molecule is CCc1ccc(S(=O)(=O)Oc2c(Cl)c(Cl)c(Cl)c(Cl)c2Cl)cc1. The van der Waals surface area contributed by atoms with Crippen LogP contribution < -0.4 is 4.18 Å². The van der Waals surface area contributed by atoms with Gasteiger partial charge in [0.1, 0.15) is 14.9 Å². The van der Waals surface area contributed by atoms with Crippen molar-refractivity contribution in [3.05, 3.63) is 54.9 Å². The predicted octanol–water partition coefficient (Wildman–Crippen LogP) is 6.28. The molecular formula is C14H9Cl5O3S. The van der Waals surface area contributed by atoms with Gasteiger partial charge in [-0.2, -0.15) is 8.42 Å². The van der Waals surface area contributed by atoms with E-state index < -0.39 is 10.1 Å². The van der Waals surface area contributed by atoms with Crippen LogP contribution in [0.15, 0.2) is 29.2 Å². The molecule has 0 atom stereocenters. The second-order valence-corrected chi connectivity index (χ2v) is 7.87. The van der Waals surface area contributed by atoms with Crippen molar-refractivity contribution in [2.45, 2.75) is 18.2 Å². The molecular weight excluding hydrogens is 425 g/mol. The molecule has 23 heavy (non-hydrogen) atoms. The van der Waals surface area contributed by atoms with Crippen molar-refractivity contribution in [1.29, 1.82) is 0 Å². The third-order valence-corrected chi connectivity index (χ3v) is 6.46. The van der Waals surface area contributed by atoms with Gasteiger partial charge in [0, 0.05) is 0 Å². The molecule has 2 aromatic carbocycles. The summed E-state index contributed by atoms with van der Waals surface area (Å²) in [5.74, 6) is -0.368. The molecule has 0 aromatic heterocycles. The molecule has 0 aliphatic rings. The van der Waals surface area contributed by atoms with Crippen LogP contribution in [0, 0.1) is 0 Å². The first-order valence-electron chi connectivity index (χ1n) is 6.24. The molecule has 0 bridgehead atoms. The molecule has 0 aliphatic heterocycles. The second kappa shape index (κ2) is 7.26. The third kappa shape index (κ3) is 3.84. The fourth-order valence-corrected chi connectivity index (χ4v) is 3.95. The molecule has 0 N–H and O–H groups in total. The molecule has 0 aliphatic carbocycles. The van der Waals surface area contributed by atoms with Gasteiger partial charge in [-0.1, -0.05) is 77.1 Å². The quantitative estimate of drug-likeness (QED) is 0.323. The molecule has 0 fully saturated rings. The van der Waals surface area contributed by atoms with Crippen molar-refractivity contribution in [3.8, 4) is 5.75 Å². The molecule has 0 amide bonds. The Morgan fingerprint density at radius 2 is 1.26 bits per heavy atom. The van der Waals surface area contributed by atoms with Gasteiger partial charge in [0.25, 0.3) is 0 Å². The van der Waals surface area contributed by atoms with Crippen LogP contribution in [0.2, 0.25) is 25.1 Å². The van der Waals surface area contributed by atoms with Crippen LogP contribution in [0.5, 0.6) is 5.75 Å². The Morgan fingerprint density at radius 3 is 1.70 bits per heavy atom. The predicted molar refractivity (Wildman–Crippen MR) is 95.1 cm³/mol. The van der Waals surface area contributed by atoms with Gasteiger partial charge in [0.05, 0.1) is 15.1 Å². The van der Waals surface area contributed by atoms with Crippen LogP contribution in [-0.2, 0) is 16.5 Å². The molecule has 0 saturated carbocycles. The van der Waals surface area contributed by atoms with E-state index in [1.807, 2.05) is 6.92 Å². The number of hydrogen-bond acceptors (Lipinski definition) is 3. The van der Waals surface area contributed by atoms with Crippen molar-refractivity contribution in [2.24, 2.45) is 0 Å². The van der Waals surface area contributed by atoms with E-state index in [0.717, 1.165) is 12.0 Å². The molecule has 124 valence electrons. The highest BCUT2D eigenvalue weighted by Crippen LogP contribution is 2.48. The number of halogens is 5. The minimum atomic E-state index is -4.16. The van der Waals surface area contributed by atoms with E-state index in [4.69, 9.17) is 62.2 Å². The Labute approximate surface area is 159 Å². The van der Waals surface area contributed by atoms with E-state index >= 15 is 0 Å². The van der Waals surface area contributed by atoms with Gasteiger partial charge < -0.3 is 4.18 Å². The van der Waals surface area contributed by atoms with Crippen molar-refractivity contribution >= 4 is 68.1 Å². The van der Waals surface area contributed by atoms with E-state index in [2.05, 4.69) is 0 Å². The lowest BCUT2D eigenvalue weighted by molar-refractivity contribution is 0.486. The summed E-state index contributed by atoms with van der Waals surface area (Å²) in [6.07, 6.45) is 0.779. The van der Waals surface area contributed by atoms with E-state index in [1.165, 1.54) is 12.1 Å². The highest BCUT2D eigenvalue weighted by atomic mass is 35.5. The van der Waals surface area contributed by atoms with E-state index in [-0.39, 0.29) is 35.8 Å². The molecule has 0 unspecified atom stereocenters. The van der Waals surface area contributed by atoms with Crippen LogP contribution in [0.1, 0.15) is 12.5 Å². The van der Waals surface area contributed by atoms with Crippen molar-refractivity contribution in [2.75, 3.05) is 0 Å². The highest BCUT2D eigenvalue weighted by Gasteiger charge is 2.26. The van der Waals surface area contributed by atoms with Gasteiger partial charge in [-0.25, -0.2) is 0 Å². The lowest BCUT2D eigenvalue weighted by atomic mass is 10.2. The number of hydrogen-bond donors (Lipinski definition) is 0. The zero-order valence-corrected chi connectivity index (χ0v) is 16.1. The van der Waals surface area contributed by atoms with Gasteiger partial charge in [-0.05, 0) is 24.1 Å². The Bertz CT molecular complexity index is 819. The van der Waals surface area contributed by atoms with E-state index in [9.17, 15) is 8.42 Å². The molecule has 2 aromatic rings. The van der Waals surface area contributed by atoms with Crippen molar-refractivity contribution in [3.63, 3.8) is 0 Å². The second-order valence-electron chi connectivity index (χ2n) is 4.43. The molecule has 3 nitrogen and oxygen atoms in total. The molecule has 2 rings (SSSR count). The monoisotopic (exact) mass is 432 g/mol. The zero-order valence-electron chi connectivity index (χ0n) is 11.5. The first-order chi connectivity index (χ1) is 10.7.